The molecule has 0 fully saturated rings. The topological polar surface area (TPSA) is 99.3 Å². The predicted molar refractivity (Wildman–Crippen MR) is 115 cm³/mol. The largest absolute Gasteiger partial charge is 0.345 e. The van der Waals surface area contributed by atoms with E-state index in [4.69, 9.17) is 5.26 Å². The molecule has 158 valence electrons. The molecule has 1 amide bonds. The van der Waals surface area contributed by atoms with Gasteiger partial charge >= 0.3 is 0 Å². The molecule has 30 heavy (non-hydrogen) atoms. The summed E-state index contributed by atoms with van der Waals surface area (Å²) in [7, 11) is -1.25. The molecule has 1 aliphatic heterocycles. The highest BCUT2D eigenvalue weighted by Crippen LogP contribution is 2.29. The van der Waals surface area contributed by atoms with E-state index in [1.807, 2.05) is 26.8 Å². The van der Waals surface area contributed by atoms with Crippen LogP contribution in [0.15, 0.2) is 39.7 Å². The van der Waals surface area contributed by atoms with Gasteiger partial charge in [-0.25, -0.2) is 17.7 Å². The van der Waals surface area contributed by atoms with E-state index in [0.29, 0.717) is 28.4 Å². The Balaban J connectivity index is 2.08. The van der Waals surface area contributed by atoms with E-state index < -0.39 is 21.6 Å². The van der Waals surface area contributed by atoms with Gasteiger partial charge in [0.25, 0.3) is 5.91 Å². The first-order valence-corrected chi connectivity index (χ1v) is 11.1. The van der Waals surface area contributed by atoms with Crippen LogP contribution in [0.2, 0.25) is 0 Å². The summed E-state index contributed by atoms with van der Waals surface area (Å²) in [6.07, 6.45) is 5.34. The predicted octanol–water partition coefficient (Wildman–Crippen LogP) is 3.69. The summed E-state index contributed by atoms with van der Waals surface area (Å²) in [6, 6.07) is 5.37. The quantitative estimate of drug-likeness (QED) is 0.775. The van der Waals surface area contributed by atoms with E-state index in [9.17, 15) is 13.4 Å². The molecule has 1 aromatic heterocycles. The van der Waals surface area contributed by atoms with Crippen molar-refractivity contribution in [1.29, 1.82) is 5.26 Å². The van der Waals surface area contributed by atoms with Crippen LogP contribution in [0, 0.1) is 23.1 Å². The van der Waals surface area contributed by atoms with Gasteiger partial charge in [-0.05, 0) is 31.0 Å². The Hall–Kier alpha value is -2.96. The Kier molecular flexibility index (Phi) is 6.10. The lowest BCUT2D eigenvalue weighted by molar-refractivity contribution is 0.101. The smallest absolute Gasteiger partial charge is 0.272 e. The molecule has 0 bridgehead atoms. The van der Waals surface area contributed by atoms with Crippen molar-refractivity contribution in [2.75, 3.05) is 11.9 Å². The standard InChI is InChI=1S/C21H24FN5O2S/c1-5-24-30(29)19-12-27(4)20(16(19)7-9-18(26-30)13(2)3)21(28)25-15-6-8-17(22)14(10-15)11-23/h6-10,12-13,18H,5H2,1-4H3,(H,25,28)(H,24,26,29). The molecule has 3 rings (SSSR count). The highest BCUT2D eigenvalue weighted by Gasteiger charge is 2.30. The average molecular weight is 430 g/mol. The summed E-state index contributed by atoms with van der Waals surface area (Å²) in [5, 5.41) is 11.7. The molecule has 1 aliphatic rings. The molecule has 9 heteroatoms. The van der Waals surface area contributed by atoms with Gasteiger partial charge < -0.3 is 9.88 Å². The van der Waals surface area contributed by atoms with Crippen molar-refractivity contribution in [2.24, 2.45) is 17.3 Å². The molecule has 2 N–H and O–H groups in total. The normalized spacial score (nSPS) is 20.4. The third-order valence-electron chi connectivity index (χ3n) is 4.84. The van der Waals surface area contributed by atoms with Crippen molar-refractivity contribution in [1.82, 2.24) is 9.29 Å². The number of anilines is 1. The van der Waals surface area contributed by atoms with Crippen LogP contribution in [-0.2, 0) is 17.0 Å². The maximum atomic E-state index is 13.7. The van der Waals surface area contributed by atoms with Gasteiger partial charge in [-0.2, -0.15) is 5.26 Å². The number of nitrogens with one attached hydrogen (secondary N) is 2. The number of carbonyl (C=O) groups is 1. The van der Waals surface area contributed by atoms with E-state index in [1.165, 1.54) is 12.1 Å². The van der Waals surface area contributed by atoms with Gasteiger partial charge in [-0.1, -0.05) is 26.0 Å². The molecule has 0 aliphatic carbocycles. The summed E-state index contributed by atoms with van der Waals surface area (Å²) < 4.78 is 36.3. The number of nitriles is 1. The minimum absolute atomic E-state index is 0.160. The Labute approximate surface area is 175 Å². The fourth-order valence-corrected chi connectivity index (χ4v) is 5.48. The first-order valence-electron chi connectivity index (χ1n) is 9.59. The van der Waals surface area contributed by atoms with Gasteiger partial charge in [0, 0.05) is 37.1 Å². The molecule has 1 aromatic carbocycles. The van der Waals surface area contributed by atoms with Gasteiger partial charge in [0.2, 0.25) is 0 Å². The Morgan fingerprint density at radius 2 is 2.20 bits per heavy atom. The second-order valence-electron chi connectivity index (χ2n) is 7.35. The zero-order chi connectivity index (χ0) is 22.1. The zero-order valence-corrected chi connectivity index (χ0v) is 18.1. The number of aryl methyl sites for hydroxylation is 1. The van der Waals surface area contributed by atoms with Gasteiger partial charge in [0.1, 0.15) is 27.5 Å². The molecule has 0 saturated heterocycles. The number of amides is 1. The van der Waals surface area contributed by atoms with E-state index in [1.54, 1.807) is 30.0 Å². The first kappa shape index (κ1) is 21.7. The molecule has 0 radical (unpaired) electrons. The van der Waals surface area contributed by atoms with Crippen molar-refractivity contribution < 1.29 is 13.4 Å². The van der Waals surface area contributed by atoms with Gasteiger partial charge in [-0.15, -0.1) is 0 Å². The van der Waals surface area contributed by atoms with Crippen molar-refractivity contribution in [3.05, 3.63) is 53.1 Å². The molecule has 2 heterocycles. The average Bonchev–Trinajstić information content (AvgIpc) is 2.96. The summed E-state index contributed by atoms with van der Waals surface area (Å²) in [5.41, 5.74) is 0.958. The lowest BCUT2D eigenvalue weighted by Crippen LogP contribution is -2.36. The second-order valence-corrected chi connectivity index (χ2v) is 9.33. The molecule has 2 atom stereocenters. The Morgan fingerprint density at radius 1 is 1.47 bits per heavy atom. The highest BCUT2D eigenvalue weighted by atomic mass is 32.2. The van der Waals surface area contributed by atoms with Crippen LogP contribution in [-0.4, -0.2) is 27.3 Å². The SMILES string of the molecule is CCN=S1(=O)NC(C(C)C)C=Cc2c1cn(C)c2C(=O)Nc1ccc(F)c(C#N)c1. The molecule has 7 nitrogen and oxygen atoms in total. The van der Waals surface area contributed by atoms with E-state index in [-0.39, 0.29) is 17.5 Å². The summed E-state index contributed by atoms with van der Waals surface area (Å²) in [5.74, 6) is -0.939. The lowest BCUT2D eigenvalue weighted by atomic mass is 10.0. The molecule has 0 saturated carbocycles. The van der Waals surface area contributed by atoms with Gasteiger partial charge in [0.15, 0.2) is 0 Å². The molecule has 0 spiro atoms. The van der Waals surface area contributed by atoms with E-state index in [2.05, 4.69) is 14.4 Å². The van der Waals surface area contributed by atoms with Crippen LogP contribution >= 0.6 is 0 Å². The van der Waals surface area contributed by atoms with Crippen molar-refractivity contribution in [3.63, 3.8) is 0 Å². The number of rotatable bonds is 4. The molecule has 2 unspecified atom stereocenters. The number of benzene rings is 1. The van der Waals surface area contributed by atoms with Crippen LogP contribution in [0.25, 0.3) is 6.08 Å². The third-order valence-corrected chi connectivity index (χ3v) is 6.97. The number of nitrogens with zero attached hydrogens (tertiary/aromatic N) is 3. The Bertz CT molecular complexity index is 1180. The minimum atomic E-state index is -2.94. The number of halogens is 1. The number of hydrogen-bond donors (Lipinski definition) is 2. The molecular formula is C21H24FN5O2S. The maximum Gasteiger partial charge on any atom is 0.272 e. The number of aromatic nitrogens is 1. The second kappa shape index (κ2) is 8.42. The van der Waals surface area contributed by atoms with E-state index in [0.717, 1.165) is 6.07 Å². The highest BCUT2D eigenvalue weighted by molar-refractivity contribution is 7.91. The fraction of sp³-hybridized carbons (Fsp3) is 0.333. The summed E-state index contributed by atoms with van der Waals surface area (Å²) >= 11 is 0. The van der Waals surface area contributed by atoms with Crippen molar-refractivity contribution in [3.8, 4) is 6.07 Å². The van der Waals surface area contributed by atoms with Crippen LogP contribution in [0.5, 0.6) is 0 Å². The third kappa shape index (κ3) is 4.01. The molecule has 2 aromatic rings. The van der Waals surface area contributed by atoms with Gasteiger partial charge in [-0.3, -0.25) is 4.79 Å². The van der Waals surface area contributed by atoms with Crippen molar-refractivity contribution >= 4 is 27.6 Å². The van der Waals surface area contributed by atoms with Crippen LogP contribution in [0.3, 0.4) is 0 Å². The number of carbonyl (C=O) groups excluding carboxylic acids is 1. The van der Waals surface area contributed by atoms with Crippen LogP contribution in [0.1, 0.15) is 42.4 Å². The maximum absolute atomic E-state index is 13.7. The fourth-order valence-electron chi connectivity index (χ4n) is 3.29. The first-order chi connectivity index (χ1) is 14.2. The van der Waals surface area contributed by atoms with Crippen molar-refractivity contribution in [2.45, 2.75) is 31.7 Å². The van der Waals surface area contributed by atoms with Gasteiger partial charge in [0.05, 0.1) is 10.5 Å². The summed E-state index contributed by atoms with van der Waals surface area (Å²) in [4.78, 5) is 13.5. The minimum Gasteiger partial charge on any atom is -0.345 e. The molecular weight excluding hydrogens is 405 g/mol. The van der Waals surface area contributed by atoms with Crippen LogP contribution in [0.4, 0.5) is 10.1 Å². The summed E-state index contributed by atoms with van der Waals surface area (Å²) in [6.45, 7) is 6.20. The monoisotopic (exact) mass is 429 g/mol. The Morgan fingerprint density at radius 3 is 2.83 bits per heavy atom. The number of hydrogen-bond acceptors (Lipinski definition) is 4. The number of fused-ring (bicyclic) bond motifs is 1. The zero-order valence-electron chi connectivity index (χ0n) is 17.3. The van der Waals surface area contributed by atoms with E-state index >= 15 is 0 Å². The lowest BCUT2D eigenvalue weighted by Gasteiger charge is -2.19. The van der Waals surface area contributed by atoms with Crippen LogP contribution < -0.4 is 10.0 Å².